The van der Waals surface area contributed by atoms with Crippen molar-refractivity contribution in [3.8, 4) is 34.5 Å². The van der Waals surface area contributed by atoms with Crippen LogP contribution in [0.5, 0.6) is 34.5 Å². The summed E-state index contributed by atoms with van der Waals surface area (Å²) in [5.41, 5.74) is 0. The first-order valence-corrected chi connectivity index (χ1v) is 20.2. The van der Waals surface area contributed by atoms with Gasteiger partial charge in [-0.2, -0.15) is 0 Å². The fourth-order valence-corrected chi connectivity index (χ4v) is 13.8. The molecule has 0 saturated heterocycles. The van der Waals surface area contributed by atoms with Crippen molar-refractivity contribution in [2.75, 3.05) is 0 Å². The van der Waals surface area contributed by atoms with Gasteiger partial charge in [0.25, 0.3) is 0 Å². The summed E-state index contributed by atoms with van der Waals surface area (Å²) in [6.07, 6.45) is 0. The molecule has 1 aliphatic heterocycles. The largest absolute Gasteiger partial charge is 0.461 e. The van der Waals surface area contributed by atoms with Crippen molar-refractivity contribution < 1.29 is 53.5 Å². The molecule has 0 saturated carbocycles. The fraction of sp³-hybridized carbons (Fsp3) is 0. The van der Waals surface area contributed by atoms with E-state index in [0.717, 1.165) is 72.8 Å². The first kappa shape index (κ1) is 36.7. The molecule has 0 amide bonds. The standard InChI is InChI=1S/C36H24F6N3O6P3/c37-25-13-1-7-19-31(25)46-52(47-32-20-8-2-14-26(32)38)43-53(48-33-21-9-3-15-27(33)39,49-34-22-10-4-16-28(34)40)45-54(44-52,50-35-23-11-5-17-29(35)41)51-36-24-12-6-18-30(36)42/h1-24H. The number of hydrogen-bond donors (Lipinski definition) is 0. The van der Waals surface area contributed by atoms with Gasteiger partial charge in [-0.1, -0.05) is 86.3 Å². The highest BCUT2D eigenvalue weighted by Crippen LogP contribution is 2.79. The molecule has 0 atom stereocenters. The minimum absolute atomic E-state index is 0.568. The van der Waals surface area contributed by atoms with Crippen molar-refractivity contribution in [1.82, 2.24) is 0 Å². The monoisotopic (exact) mass is 801 g/mol. The Kier molecular flexibility index (Phi) is 10.5. The Labute approximate surface area is 304 Å². The van der Waals surface area contributed by atoms with E-state index in [1.807, 2.05) is 0 Å². The number of nitrogens with zero attached hydrogens (tertiary/aromatic N) is 3. The highest BCUT2D eigenvalue weighted by atomic mass is 31.3. The first-order chi connectivity index (χ1) is 26.1. The maximum Gasteiger partial charge on any atom is 0.461 e. The van der Waals surface area contributed by atoms with Gasteiger partial charge in [0.2, 0.25) is 0 Å². The van der Waals surface area contributed by atoms with E-state index in [1.165, 1.54) is 72.8 Å². The van der Waals surface area contributed by atoms with Crippen molar-refractivity contribution in [2.24, 2.45) is 13.5 Å². The molecule has 6 aromatic carbocycles. The van der Waals surface area contributed by atoms with E-state index in [2.05, 4.69) is 13.5 Å². The average molecular weight is 802 g/mol. The van der Waals surface area contributed by atoms with Crippen LogP contribution in [0.2, 0.25) is 0 Å². The van der Waals surface area contributed by atoms with Crippen LogP contribution in [0.4, 0.5) is 26.3 Å². The first-order valence-electron chi connectivity index (χ1n) is 15.6. The Morgan fingerprint density at radius 1 is 0.259 bits per heavy atom. The minimum atomic E-state index is -4.95. The van der Waals surface area contributed by atoms with E-state index in [1.54, 1.807) is 0 Å². The summed E-state index contributed by atoms with van der Waals surface area (Å²) >= 11 is 0. The molecular weight excluding hydrogens is 777 g/mol. The lowest BCUT2D eigenvalue weighted by Gasteiger charge is -2.33. The van der Waals surface area contributed by atoms with E-state index in [-0.39, 0.29) is 0 Å². The van der Waals surface area contributed by atoms with Crippen LogP contribution in [0.25, 0.3) is 0 Å². The van der Waals surface area contributed by atoms with Crippen molar-refractivity contribution in [3.05, 3.63) is 180 Å². The molecular formula is C36H24F6N3O6P3. The maximum absolute atomic E-state index is 15.5. The Hall–Kier alpha value is -5.61. The molecule has 9 nitrogen and oxygen atoms in total. The molecule has 0 N–H and O–H groups in total. The molecule has 0 radical (unpaired) electrons. The van der Waals surface area contributed by atoms with Gasteiger partial charge in [0.05, 0.1) is 0 Å². The Bertz CT molecular complexity index is 2080. The lowest BCUT2D eigenvalue weighted by molar-refractivity contribution is 0.408. The molecule has 276 valence electrons. The highest BCUT2D eigenvalue weighted by molar-refractivity contribution is 7.79. The topological polar surface area (TPSA) is 92.5 Å². The number of benzene rings is 6. The van der Waals surface area contributed by atoms with Crippen molar-refractivity contribution in [2.45, 2.75) is 0 Å². The second-order valence-corrected chi connectivity index (χ2v) is 17.1. The lowest BCUT2D eigenvalue weighted by Crippen LogP contribution is -2.12. The summed E-state index contributed by atoms with van der Waals surface area (Å²) < 4.78 is 143. The summed E-state index contributed by atoms with van der Waals surface area (Å²) in [4.78, 5) is 0. The predicted octanol–water partition coefficient (Wildman–Crippen LogP) is 13.1. The quantitative estimate of drug-likeness (QED) is 0.0904. The summed E-state index contributed by atoms with van der Waals surface area (Å²) in [6, 6.07) is 29.4. The normalized spacial score (nSPS) is 15.0. The molecule has 1 aliphatic rings. The molecule has 0 aliphatic carbocycles. The smallest absolute Gasteiger partial charge is 0.410 e. The van der Waals surface area contributed by atoms with E-state index >= 15 is 26.3 Å². The second-order valence-electron chi connectivity index (χ2n) is 10.9. The van der Waals surface area contributed by atoms with Gasteiger partial charge in [-0.05, 0) is 72.8 Å². The fourth-order valence-electron chi connectivity index (χ4n) is 4.64. The van der Waals surface area contributed by atoms with Gasteiger partial charge in [0, 0.05) is 0 Å². The zero-order valence-corrected chi connectivity index (χ0v) is 29.9. The van der Waals surface area contributed by atoms with E-state index < -0.39 is 92.4 Å². The summed E-state index contributed by atoms with van der Waals surface area (Å²) in [5, 5.41) is 0. The van der Waals surface area contributed by atoms with Gasteiger partial charge in [-0.15, -0.1) is 0 Å². The number of halogens is 6. The van der Waals surface area contributed by atoms with Gasteiger partial charge in [-0.25, -0.2) is 26.3 Å². The van der Waals surface area contributed by atoms with Crippen LogP contribution in [0.3, 0.4) is 0 Å². The lowest BCUT2D eigenvalue weighted by atomic mass is 10.3. The molecule has 0 unspecified atom stereocenters. The molecule has 0 fully saturated rings. The third-order valence-electron chi connectivity index (χ3n) is 7.00. The summed E-state index contributed by atoms with van der Waals surface area (Å²) in [7, 11) is -14.9. The molecule has 54 heavy (non-hydrogen) atoms. The average Bonchev–Trinajstić information content (AvgIpc) is 3.14. The van der Waals surface area contributed by atoms with Gasteiger partial charge in [-0.3, -0.25) is 0 Å². The minimum Gasteiger partial charge on any atom is -0.410 e. The number of para-hydroxylation sites is 6. The molecule has 1 heterocycles. The SMILES string of the molecule is Fc1ccccc1OP1(Oc2ccccc2F)=NP(Oc2ccccc2F)(Oc2ccccc2F)=NP(Oc2ccccc2F)(Oc2ccccc2F)=N1. The van der Waals surface area contributed by atoms with Crippen molar-refractivity contribution in [3.63, 3.8) is 0 Å². The Morgan fingerprint density at radius 3 is 0.556 bits per heavy atom. The van der Waals surface area contributed by atoms with Gasteiger partial charge < -0.3 is 27.1 Å². The molecule has 6 aromatic rings. The van der Waals surface area contributed by atoms with Crippen molar-refractivity contribution in [1.29, 1.82) is 0 Å². The Balaban J connectivity index is 1.63. The van der Waals surface area contributed by atoms with Crippen LogP contribution in [0, 0.1) is 34.9 Å². The van der Waals surface area contributed by atoms with E-state index in [0.29, 0.717) is 0 Å². The van der Waals surface area contributed by atoms with Crippen LogP contribution in [0.15, 0.2) is 159 Å². The number of rotatable bonds is 12. The summed E-state index contributed by atoms with van der Waals surface area (Å²) in [5.74, 6) is -9.30. The van der Waals surface area contributed by atoms with Crippen LogP contribution < -0.4 is 27.1 Å². The molecule has 0 aromatic heterocycles. The van der Waals surface area contributed by atoms with Crippen LogP contribution >= 0.6 is 23.0 Å². The zero-order chi connectivity index (χ0) is 37.8. The van der Waals surface area contributed by atoms with Crippen LogP contribution in [0.1, 0.15) is 0 Å². The zero-order valence-electron chi connectivity index (χ0n) is 27.3. The number of hydrogen-bond acceptors (Lipinski definition) is 9. The Morgan fingerprint density at radius 2 is 0.407 bits per heavy atom. The van der Waals surface area contributed by atoms with E-state index in [9.17, 15) is 0 Å². The van der Waals surface area contributed by atoms with Gasteiger partial charge in [0.1, 0.15) is 0 Å². The third-order valence-corrected chi connectivity index (χ3v) is 15.0. The van der Waals surface area contributed by atoms with Crippen LogP contribution in [-0.2, 0) is 0 Å². The summed E-state index contributed by atoms with van der Waals surface area (Å²) in [6.45, 7) is 0. The second kappa shape index (κ2) is 15.4. The maximum atomic E-state index is 15.5. The van der Waals surface area contributed by atoms with Gasteiger partial charge >= 0.3 is 23.0 Å². The molecule has 18 heteroatoms. The highest BCUT2D eigenvalue weighted by Gasteiger charge is 2.50. The van der Waals surface area contributed by atoms with E-state index in [4.69, 9.17) is 27.1 Å². The van der Waals surface area contributed by atoms with Crippen LogP contribution in [-0.4, -0.2) is 0 Å². The van der Waals surface area contributed by atoms with Gasteiger partial charge in [0.15, 0.2) is 69.4 Å². The predicted molar refractivity (Wildman–Crippen MR) is 190 cm³/mol. The molecule has 7 rings (SSSR count). The molecule has 0 spiro atoms. The van der Waals surface area contributed by atoms with Crippen molar-refractivity contribution >= 4 is 23.0 Å². The molecule has 0 bridgehead atoms. The third kappa shape index (κ3) is 8.14.